The minimum Gasteiger partial charge on any atom is -0.490 e. The van der Waals surface area contributed by atoms with Gasteiger partial charge in [-0.3, -0.25) is 14.9 Å². The number of rotatable bonds is 7. The maximum atomic E-state index is 13.1. The molecule has 0 unspecified atom stereocenters. The maximum Gasteiger partial charge on any atom is 0.311 e. The number of nitro groups is 1. The fourth-order valence-corrected chi connectivity index (χ4v) is 4.78. The summed E-state index contributed by atoms with van der Waals surface area (Å²) in [6, 6.07) is 8.85. The predicted molar refractivity (Wildman–Crippen MR) is 113 cm³/mol. The molecule has 1 aliphatic rings. The highest BCUT2D eigenvalue weighted by atomic mass is 32.2. The highest BCUT2D eigenvalue weighted by Crippen LogP contribution is 2.27. The summed E-state index contributed by atoms with van der Waals surface area (Å²) in [6.07, 6.45) is 1.88. The molecule has 1 amide bonds. The molecule has 3 rings (SSSR count). The molecule has 2 aromatic carbocycles. The van der Waals surface area contributed by atoms with Crippen molar-refractivity contribution in [3.8, 4) is 5.75 Å². The molecule has 1 N–H and O–H groups in total. The fourth-order valence-electron chi connectivity index (χ4n) is 3.31. The summed E-state index contributed by atoms with van der Waals surface area (Å²) in [6.45, 7) is 0.290. The van der Waals surface area contributed by atoms with Crippen LogP contribution in [-0.2, 0) is 14.8 Å². The van der Waals surface area contributed by atoms with Crippen molar-refractivity contribution in [2.45, 2.75) is 17.7 Å². The van der Waals surface area contributed by atoms with Gasteiger partial charge in [0.05, 0.1) is 23.1 Å². The molecule has 0 spiro atoms. The van der Waals surface area contributed by atoms with E-state index in [0.29, 0.717) is 18.4 Å². The minimum absolute atomic E-state index is 0.0000124. The van der Waals surface area contributed by atoms with Crippen LogP contribution >= 0.6 is 0 Å². The average molecular weight is 464 g/mol. The molecule has 0 aliphatic carbocycles. The van der Waals surface area contributed by atoms with Gasteiger partial charge in [0.1, 0.15) is 5.82 Å². The Morgan fingerprint density at radius 1 is 1.25 bits per heavy atom. The number of piperidine rings is 1. The van der Waals surface area contributed by atoms with Crippen LogP contribution in [0.3, 0.4) is 0 Å². The Kier molecular flexibility index (Phi) is 7.15. The molecule has 0 bridgehead atoms. The van der Waals surface area contributed by atoms with E-state index >= 15 is 0 Å². The highest BCUT2D eigenvalue weighted by molar-refractivity contribution is 7.89. The molecule has 0 atom stereocenters. The van der Waals surface area contributed by atoms with Crippen LogP contribution in [0.15, 0.2) is 52.5 Å². The molecule has 10 nitrogen and oxygen atoms in total. The van der Waals surface area contributed by atoms with Crippen molar-refractivity contribution >= 4 is 27.8 Å². The summed E-state index contributed by atoms with van der Waals surface area (Å²) < 4.78 is 44.5. The van der Waals surface area contributed by atoms with Crippen LogP contribution in [0, 0.1) is 21.8 Å². The van der Waals surface area contributed by atoms with Crippen molar-refractivity contribution in [1.29, 1.82) is 0 Å². The van der Waals surface area contributed by atoms with E-state index in [0.717, 1.165) is 12.1 Å². The smallest absolute Gasteiger partial charge is 0.311 e. The second-order valence-electron chi connectivity index (χ2n) is 7.05. The lowest BCUT2D eigenvalue weighted by atomic mass is 9.98. The van der Waals surface area contributed by atoms with Crippen LogP contribution in [0.5, 0.6) is 5.75 Å². The number of hydrogen-bond acceptors (Lipinski definition) is 7. The van der Waals surface area contributed by atoms with Crippen molar-refractivity contribution in [3.63, 3.8) is 0 Å². The minimum atomic E-state index is -3.76. The van der Waals surface area contributed by atoms with Gasteiger partial charge in [0.15, 0.2) is 5.75 Å². The number of hydrogen-bond donors (Lipinski definition) is 1. The van der Waals surface area contributed by atoms with E-state index in [2.05, 4.69) is 10.5 Å². The van der Waals surface area contributed by atoms with Crippen LogP contribution in [0.25, 0.3) is 0 Å². The second-order valence-corrected chi connectivity index (χ2v) is 8.99. The standard InChI is InChI=1S/C20H21FN4O6S/c1-31-19-7-2-14(12-18(19)25(27)28)13-22-23-20(26)15-8-10-24(11-9-15)32(29,30)17-5-3-16(21)4-6-17/h2-7,12-13,15H,8-11H2,1H3,(H,23,26)/b22-13-. The molecular formula is C20H21FN4O6S. The molecule has 0 aromatic heterocycles. The first kappa shape index (κ1) is 23.3. The lowest BCUT2D eigenvalue weighted by Gasteiger charge is -2.30. The van der Waals surface area contributed by atoms with E-state index in [4.69, 9.17) is 4.74 Å². The van der Waals surface area contributed by atoms with Crippen LogP contribution in [-0.4, -0.2) is 50.0 Å². The lowest BCUT2D eigenvalue weighted by Crippen LogP contribution is -2.42. The van der Waals surface area contributed by atoms with Gasteiger partial charge >= 0.3 is 5.69 Å². The van der Waals surface area contributed by atoms with Gasteiger partial charge in [-0.25, -0.2) is 18.2 Å². The summed E-state index contributed by atoms with van der Waals surface area (Å²) in [5.74, 6) is -1.22. The number of carbonyl (C=O) groups excluding carboxylic acids is 1. The molecule has 12 heteroatoms. The number of halogens is 1. The van der Waals surface area contributed by atoms with Crippen molar-refractivity contribution < 1.29 is 27.3 Å². The predicted octanol–water partition coefficient (Wildman–Crippen LogP) is 2.29. The summed E-state index contributed by atoms with van der Waals surface area (Å²) in [5.41, 5.74) is 2.57. The van der Waals surface area contributed by atoms with Crippen LogP contribution in [0.4, 0.5) is 10.1 Å². The zero-order valence-corrected chi connectivity index (χ0v) is 17.9. The van der Waals surface area contributed by atoms with Crippen LogP contribution in [0.2, 0.25) is 0 Å². The molecule has 0 radical (unpaired) electrons. The molecule has 1 aliphatic heterocycles. The van der Waals surface area contributed by atoms with E-state index in [1.807, 2.05) is 0 Å². The van der Waals surface area contributed by atoms with Gasteiger partial charge in [-0.1, -0.05) is 0 Å². The summed E-state index contributed by atoms with van der Waals surface area (Å²) in [4.78, 5) is 22.9. The zero-order valence-electron chi connectivity index (χ0n) is 17.1. The largest absolute Gasteiger partial charge is 0.490 e. The Labute approximate surface area is 183 Å². The van der Waals surface area contributed by atoms with Gasteiger partial charge in [0.2, 0.25) is 15.9 Å². The number of carbonyl (C=O) groups is 1. The summed E-state index contributed by atoms with van der Waals surface area (Å²) in [5, 5.41) is 14.9. The van der Waals surface area contributed by atoms with Gasteiger partial charge in [-0.05, 0) is 49.2 Å². The number of nitrogens with one attached hydrogen (secondary N) is 1. The van der Waals surface area contributed by atoms with Gasteiger partial charge in [0.25, 0.3) is 0 Å². The molecule has 0 saturated carbocycles. The Bertz CT molecular complexity index is 1130. The number of nitro benzene ring substituents is 1. The van der Waals surface area contributed by atoms with E-state index in [9.17, 15) is 27.7 Å². The first-order valence-electron chi connectivity index (χ1n) is 9.63. The normalized spacial score (nSPS) is 15.6. The monoisotopic (exact) mass is 464 g/mol. The number of methoxy groups -OCH3 is 1. The molecule has 32 heavy (non-hydrogen) atoms. The van der Waals surface area contributed by atoms with Crippen LogP contribution in [0.1, 0.15) is 18.4 Å². The zero-order chi connectivity index (χ0) is 23.3. The van der Waals surface area contributed by atoms with E-state index in [-0.39, 0.29) is 35.3 Å². The van der Waals surface area contributed by atoms with Crippen LogP contribution < -0.4 is 10.2 Å². The van der Waals surface area contributed by atoms with Gasteiger partial charge in [-0.2, -0.15) is 9.41 Å². The van der Waals surface area contributed by atoms with Crippen molar-refractivity contribution in [2.24, 2.45) is 11.0 Å². The van der Waals surface area contributed by atoms with Gasteiger partial charge in [0, 0.05) is 30.6 Å². The van der Waals surface area contributed by atoms with E-state index in [1.54, 1.807) is 6.07 Å². The number of sulfonamides is 1. The fraction of sp³-hybridized carbons (Fsp3) is 0.300. The van der Waals surface area contributed by atoms with E-state index < -0.39 is 26.7 Å². The third-order valence-corrected chi connectivity index (χ3v) is 6.98. The third-order valence-electron chi connectivity index (χ3n) is 5.06. The van der Waals surface area contributed by atoms with Gasteiger partial charge in [-0.15, -0.1) is 0 Å². The highest BCUT2D eigenvalue weighted by Gasteiger charge is 2.32. The Balaban J connectivity index is 1.56. The first-order valence-corrected chi connectivity index (χ1v) is 11.1. The molecular weight excluding hydrogens is 443 g/mol. The second kappa shape index (κ2) is 9.83. The Hall–Kier alpha value is -3.38. The molecule has 170 valence electrons. The van der Waals surface area contributed by atoms with E-state index in [1.165, 1.54) is 41.9 Å². The first-order chi connectivity index (χ1) is 15.2. The van der Waals surface area contributed by atoms with Crippen molar-refractivity contribution in [2.75, 3.05) is 20.2 Å². The number of amides is 1. The SMILES string of the molecule is COc1ccc(/C=N\NC(=O)C2CCN(S(=O)(=O)c3ccc(F)cc3)CC2)cc1[N+](=O)[O-]. The Morgan fingerprint density at radius 3 is 2.50 bits per heavy atom. The van der Waals surface area contributed by atoms with Crippen molar-refractivity contribution in [1.82, 2.24) is 9.73 Å². The third kappa shape index (κ3) is 5.26. The number of nitrogens with zero attached hydrogens (tertiary/aromatic N) is 3. The van der Waals surface area contributed by atoms with Gasteiger partial charge < -0.3 is 4.74 Å². The number of ether oxygens (including phenoxy) is 1. The molecule has 1 fully saturated rings. The summed E-state index contributed by atoms with van der Waals surface area (Å²) in [7, 11) is -2.43. The lowest BCUT2D eigenvalue weighted by molar-refractivity contribution is -0.385. The summed E-state index contributed by atoms with van der Waals surface area (Å²) >= 11 is 0. The Morgan fingerprint density at radius 2 is 1.91 bits per heavy atom. The number of hydrazone groups is 1. The molecule has 1 heterocycles. The molecule has 1 saturated heterocycles. The number of benzene rings is 2. The van der Waals surface area contributed by atoms with Crippen molar-refractivity contribution in [3.05, 3.63) is 64.0 Å². The quantitative estimate of drug-likeness (QED) is 0.380. The maximum absolute atomic E-state index is 13.1. The molecule has 2 aromatic rings. The average Bonchev–Trinajstić information content (AvgIpc) is 2.79. The topological polar surface area (TPSA) is 131 Å².